The monoisotopic (exact) mass is 442 g/mol. The smallest absolute Gasteiger partial charge is 0.219 e. The molecule has 164 valence electrons. The van der Waals surface area contributed by atoms with Crippen LogP contribution in [0.5, 0.6) is 5.88 Å². The summed E-state index contributed by atoms with van der Waals surface area (Å²) in [7, 11) is 0. The molecule has 3 aromatic carbocycles. The number of nitrogen functional groups attached to an aromatic ring is 1. The summed E-state index contributed by atoms with van der Waals surface area (Å²) in [6.07, 6.45) is 2.30. The Labute approximate surface area is 188 Å². The fraction of sp³-hybridized carbons (Fsp3) is 0.0769. The second kappa shape index (κ2) is 8.35. The lowest BCUT2D eigenvalue weighted by Gasteiger charge is -2.10. The zero-order chi connectivity index (χ0) is 22.9. The van der Waals surface area contributed by atoms with Gasteiger partial charge in [-0.3, -0.25) is 4.40 Å². The summed E-state index contributed by atoms with van der Waals surface area (Å²) < 4.78 is 29.6. The van der Waals surface area contributed by atoms with Crippen molar-refractivity contribution in [1.82, 2.24) is 14.4 Å². The van der Waals surface area contributed by atoms with Crippen LogP contribution < -0.4 is 5.73 Å². The van der Waals surface area contributed by atoms with Gasteiger partial charge in [0.1, 0.15) is 11.5 Å². The number of anilines is 1. The van der Waals surface area contributed by atoms with Crippen molar-refractivity contribution < 1.29 is 13.9 Å². The molecule has 0 aliphatic carbocycles. The van der Waals surface area contributed by atoms with Crippen molar-refractivity contribution in [1.29, 1.82) is 0 Å². The maximum absolute atomic E-state index is 14.8. The molecular weight excluding hydrogens is 422 g/mol. The number of halogens is 2. The maximum Gasteiger partial charge on any atom is 0.219 e. The van der Waals surface area contributed by atoms with Gasteiger partial charge in [0.25, 0.3) is 0 Å². The molecule has 5 nitrogen and oxygen atoms in total. The molecule has 0 aliphatic heterocycles. The van der Waals surface area contributed by atoms with Gasteiger partial charge in [0, 0.05) is 24.6 Å². The maximum atomic E-state index is 14.8. The van der Waals surface area contributed by atoms with E-state index >= 15 is 0 Å². The van der Waals surface area contributed by atoms with E-state index in [0.29, 0.717) is 35.6 Å². The number of nitrogens with zero attached hydrogens (tertiary/aromatic N) is 3. The summed E-state index contributed by atoms with van der Waals surface area (Å²) in [5, 5.41) is 11.0. The topological polar surface area (TPSA) is 76.4 Å². The van der Waals surface area contributed by atoms with Crippen LogP contribution in [0.25, 0.3) is 16.9 Å². The van der Waals surface area contributed by atoms with Crippen molar-refractivity contribution in [2.45, 2.75) is 12.8 Å². The first-order chi connectivity index (χ1) is 16.0. The van der Waals surface area contributed by atoms with E-state index in [1.807, 2.05) is 30.3 Å². The van der Waals surface area contributed by atoms with Crippen molar-refractivity contribution in [2.24, 2.45) is 0 Å². The molecule has 0 unspecified atom stereocenters. The molecule has 7 heteroatoms. The van der Waals surface area contributed by atoms with Gasteiger partial charge in [-0.1, -0.05) is 48.5 Å². The van der Waals surface area contributed by atoms with Gasteiger partial charge < -0.3 is 10.8 Å². The third-order valence-corrected chi connectivity index (χ3v) is 5.52. The van der Waals surface area contributed by atoms with Gasteiger partial charge in [-0.2, -0.15) is 0 Å². The number of hydrogen-bond acceptors (Lipinski definition) is 4. The molecule has 0 aliphatic rings. The van der Waals surface area contributed by atoms with Crippen LogP contribution in [-0.2, 0) is 12.8 Å². The first kappa shape index (κ1) is 20.6. The minimum absolute atomic E-state index is 0.0193. The summed E-state index contributed by atoms with van der Waals surface area (Å²) in [5.41, 5.74) is 9.63. The molecule has 3 N–H and O–H groups in total. The Hall–Kier alpha value is -4.26. The van der Waals surface area contributed by atoms with Crippen LogP contribution in [0.1, 0.15) is 22.5 Å². The highest BCUT2D eigenvalue weighted by Crippen LogP contribution is 2.30. The Morgan fingerprint density at radius 1 is 0.788 bits per heavy atom. The van der Waals surface area contributed by atoms with E-state index < -0.39 is 5.82 Å². The first-order valence-electron chi connectivity index (χ1n) is 10.4. The summed E-state index contributed by atoms with van der Waals surface area (Å²) in [6.45, 7) is 0. The molecule has 0 saturated heterocycles. The normalized spacial score (nSPS) is 11.2. The van der Waals surface area contributed by atoms with Crippen LogP contribution in [0, 0.1) is 11.6 Å². The molecule has 2 aromatic heterocycles. The van der Waals surface area contributed by atoms with E-state index in [2.05, 4.69) is 4.98 Å². The summed E-state index contributed by atoms with van der Waals surface area (Å²) >= 11 is 0. The largest absolute Gasteiger partial charge is 0.493 e. The standard InChI is InChI=1S/C26H20F2N4O/c27-18-11-9-17(10-12-18)14-22-26(33)32-15-23(19-7-4-8-20(29)24(19)28)30-21(25(32)31-22)13-16-5-2-1-3-6-16/h1-12,15,33H,13-14,29H2. The minimum Gasteiger partial charge on any atom is -0.493 e. The SMILES string of the molecule is Nc1cccc(-c2cn3c(O)c(Cc4ccc(F)cc4)nc3c(Cc3ccccc3)n2)c1F. The summed E-state index contributed by atoms with van der Waals surface area (Å²) in [4.78, 5) is 9.34. The number of hydrogen-bond donors (Lipinski definition) is 2. The van der Waals surface area contributed by atoms with Gasteiger partial charge in [0.05, 0.1) is 17.1 Å². The van der Waals surface area contributed by atoms with Crippen LogP contribution in [-0.4, -0.2) is 19.5 Å². The zero-order valence-corrected chi connectivity index (χ0v) is 17.5. The predicted octanol–water partition coefficient (Wildman–Crippen LogP) is 5.14. The van der Waals surface area contributed by atoms with E-state index in [-0.39, 0.29) is 22.9 Å². The molecule has 0 fully saturated rings. The van der Waals surface area contributed by atoms with Crippen molar-refractivity contribution >= 4 is 11.3 Å². The van der Waals surface area contributed by atoms with Gasteiger partial charge in [-0.25, -0.2) is 18.7 Å². The fourth-order valence-corrected chi connectivity index (χ4v) is 3.84. The molecule has 0 radical (unpaired) electrons. The highest BCUT2D eigenvalue weighted by Gasteiger charge is 2.19. The molecule has 5 aromatic rings. The number of imidazole rings is 1. The highest BCUT2D eigenvalue weighted by molar-refractivity contribution is 5.67. The molecule has 0 bridgehead atoms. The molecular formula is C26H20F2N4O. The number of nitrogens with two attached hydrogens (primary N) is 1. The average Bonchev–Trinajstić information content (AvgIpc) is 3.13. The van der Waals surface area contributed by atoms with Crippen LogP contribution in [0.3, 0.4) is 0 Å². The van der Waals surface area contributed by atoms with Gasteiger partial charge in [0.2, 0.25) is 5.88 Å². The van der Waals surface area contributed by atoms with Crippen LogP contribution >= 0.6 is 0 Å². The van der Waals surface area contributed by atoms with E-state index in [1.54, 1.807) is 30.5 Å². The molecule has 0 spiro atoms. The number of benzene rings is 3. The third kappa shape index (κ3) is 4.01. The van der Waals surface area contributed by atoms with Gasteiger partial charge in [-0.05, 0) is 35.4 Å². The summed E-state index contributed by atoms with van der Waals surface area (Å²) in [5.74, 6) is -0.973. The quantitative estimate of drug-likeness (QED) is 0.370. The minimum atomic E-state index is -0.568. The van der Waals surface area contributed by atoms with E-state index in [0.717, 1.165) is 11.1 Å². The van der Waals surface area contributed by atoms with Crippen LogP contribution in [0.2, 0.25) is 0 Å². The summed E-state index contributed by atoms with van der Waals surface area (Å²) in [6, 6.07) is 20.5. The Morgan fingerprint density at radius 3 is 2.24 bits per heavy atom. The van der Waals surface area contributed by atoms with E-state index in [1.165, 1.54) is 22.6 Å². The van der Waals surface area contributed by atoms with E-state index in [9.17, 15) is 13.9 Å². The van der Waals surface area contributed by atoms with Gasteiger partial charge in [0.15, 0.2) is 11.5 Å². The average molecular weight is 442 g/mol. The van der Waals surface area contributed by atoms with Gasteiger partial charge in [-0.15, -0.1) is 0 Å². The van der Waals surface area contributed by atoms with E-state index in [4.69, 9.17) is 10.7 Å². The third-order valence-electron chi connectivity index (χ3n) is 5.52. The number of aromatic hydroxyl groups is 1. The lowest BCUT2D eigenvalue weighted by Crippen LogP contribution is -2.02. The van der Waals surface area contributed by atoms with Crippen molar-refractivity contribution in [3.8, 4) is 17.1 Å². The van der Waals surface area contributed by atoms with Crippen LogP contribution in [0.15, 0.2) is 79.0 Å². The highest BCUT2D eigenvalue weighted by atomic mass is 19.1. The molecule has 33 heavy (non-hydrogen) atoms. The van der Waals surface area contributed by atoms with Gasteiger partial charge >= 0.3 is 0 Å². The Balaban J connectivity index is 1.67. The molecule has 0 amide bonds. The second-order valence-electron chi connectivity index (χ2n) is 7.82. The lowest BCUT2D eigenvalue weighted by atomic mass is 10.1. The predicted molar refractivity (Wildman–Crippen MR) is 123 cm³/mol. The fourth-order valence-electron chi connectivity index (χ4n) is 3.84. The first-order valence-corrected chi connectivity index (χ1v) is 10.4. The Morgan fingerprint density at radius 2 is 1.48 bits per heavy atom. The molecule has 0 atom stereocenters. The van der Waals surface area contributed by atoms with Crippen LogP contribution in [0.4, 0.5) is 14.5 Å². The molecule has 0 saturated carbocycles. The second-order valence-corrected chi connectivity index (χ2v) is 7.82. The number of rotatable bonds is 5. The Bertz CT molecular complexity index is 1450. The van der Waals surface area contributed by atoms with Crippen molar-refractivity contribution in [3.05, 3.63) is 113 Å². The number of aromatic nitrogens is 3. The number of fused-ring (bicyclic) bond motifs is 1. The Kier molecular flexibility index (Phi) is 5.22. The lowest BCUT2D eigenvalue weighted by molar-refractivity contribution is 0.442. The molecule has 2 heterocycles. The molecule has 5 rings (SSSR count). The zero-order valence-electron chi connectivity index (χ0n) is 17.5. The van der Waals surface area contributed by atoms with Crippen molar-refractivity contribution in [2.75, 3.05) is 5.73 Å². The van der Waals surface area contributed by atoms with Crippen molar-refractivity contribution in [3.63, 3.8) is 0 Å².